The lowest BCUT2D eigenvalue weighted by molar-refractivity contribution is 0.0778. The van der Waals surface area contributed by atoms with Gasteiger partial charge in [-0.3, -0.25) is 9.89 Å². The Bertz CT molecular complexity index is 563. The third kappa shape index (κ3) is 5.48. The van der Waals surface area contributed by atoms with Gasteiger partial charge in [0.15, 0.2) is 5.96 Å². The van der Waals surface area contributed by atoms with Crippen LogP contribution in [0.25, 0.3) is 0 Å². The average molecular weight is 377 g/mol. The number of likely N-dealkylation sites (tertiary alicyclic amines) is 1. The van der Waals surface area contributed by atoms with Gasteiger partial charge in [0.2, 0.25) is 0 Å². The van der Waals surface area contributed by atoms with E-state index in [1.54, 1.807) is 13.4 Å². The summed E-state index contributed by atoms with van der Waals surface area (Å²) in [4.78, 5) is 7.45. The Morgan fingerprint density at radius 3 is 2.70 bits per heavy atom. The molecule has 6 nitrogen and oxygen atoms in total. The third-order valence-corrected chi connectivity index (χ3v) is 6.08. The van der Waals surface area contributed by atoms with Crippen LogP contribution in [0.5, 0.6) is 0 Å². The molecule has 1 unspecified atom stereocenters. The molecule has 1 atom stereocenters. The van der Waals surface area contributed by atoms with E-state index in [2.05, 4.69) is 28.5 Å². The predicted octanol–water partition coefficient (Wildman–Crippen LogP) is 3.18. The molecule has 0 amide bonds. The Balaban J connectivity index is 1.60. The largest absolute Gasteiger partial charge is 0.468 e. The maximum absolute atomic E-state index is 5.73. The lowest BCUT2D eigenvalue weighted by atomic mass is 9.67. The van der Waals surface area contributed by atoms with Gasteiger partial charge in [0.05, 0.1) is 12.3 Å². The molecule has 27 heavy (non-hydrogen) atoms. The van der Waals surface area contributed by atoms with Gasteiger partial charge in [-0.1, -0.05) is 6.42 Å². The highest BCUT2D eigenvalue weighted by molar-refractivity contribution is 5.79. The number of methoxy groups -OCH3 is 1. The van der Waals surface area contributed by atoms with Crippen molar-refractivity contribution in [2.75, 3.05) is 46.4 Å². The number of ether oxygens (including phenoxy) is 1. The summed E-state index contributed by atoms with van der Waals surface area (Å²) >= 11 is 0. The summed E-state index contributed by atoms with van der Waals surface area (Å²) < 4.78 is 11.0. The first-order chi connectivity index (χ1) is 13.3. The molecule has 1 saturated heterocycles. The fourth-order valence-electron chi connectivity index (χ4n) is 4.21. The zero-order valence-corrected chi connectivity index (χ0v) is 17.0. The monoisotopic (exact) mass is 376 g/mol. The molecule has 2 fully saturated rings. The molecule has 0 spiro atoms. The van der Waals surface area contributed by atoms with Crippen molar-refractivity contribution in [1.82, 2.24) is 15.5 Å². The Hall–Kier alpha value is -1.53. The Morgan fingerprint density at radius 1 is 1.30 bits per heavy atom. The van der Waals surface area contributed by atoms with Crippen LogP contribution in [0.2, 0.25) is 0 Å². The maximum Gasteiger partial charge on any atom is 0.191 e. The molecule has 0 bridgehead atoms. The van der Waals surface area contributed by atoms with Gasteiger partial charge in [-0.2, -0.15) is 0 Å². The maximum atomic E-state index is 5.73. The van der Waals surface area contributed by atoms with Gasteiger partial charge in [0, 0.05) is 33.4 Å². The van der Waals surface area contributed by atoms with E-state index in [0.717, 1.165) is 57.5 Å². The number of nitrogens with one attached hydrogen (secondary N) is 2. The molecule has 1 aromatic rings. The fourth-order valence-corrected chi connectivity index (χ4v) is 4.21. The van der Waals surface area contributed by atoms with Crippen molar-refractivity contribution in [2.24, 2.45) is 10.4 Å². The predicted molar refractivity (Wildman–Crippen MR) is 109 cm³/mol. The molecule has 1 saturated carbocycles. The third-order valence-electron chi connectivity index (χ3n) is 6.08. The number of nitrogens with zero attached hydrogens (tertiary/aromatic N) is 2. The van der Waals surface area contributed by atoms with E-state index >= 15 is 0 Å². The lowest BCUT2D eigenvalue weighted by Gasteiger charge is -2.40. The summed E-state index contributed by atoms with van der Waals surface area (Å²) in [6, 6.07) is 4.33. The first kappa shape index (κ1) is 20.2. The van der Waals surface area contributed by atoms with Gasteiger partial charge >= 0.3 is 0 Å². The van der Waals surface area contributed by atoms with Crippen LogP contribution in [-0.2, 0) is 4.74 Å². The van der Waals surface area contributed by atoms with E-state index in [1.165, 1.54) is 32.1 Å². The zero-order chi connectivity index (χ0) is 19.0. The standard InChI is InChI=1S/C21H36N4O2/c1-3-22-20(24-17-21(9-7-10-21)11-15-26-2)23-16-18(19-8-6-14-27-19)25-12-4-5-13-25/h6,8,14,18H,3-5,7,9-13,15-17H2,1-2H3,(H2,22,23,24). The van der Waals surface area contributed by atoms with Crippen molar-refractivity contribution in [1.29, 1.82) is 0 Å². The Morgan fingerprint density at radius 2 is 2.11 bits per heavy atom. The van der Waals surface area contributed by atoms with E-state index in [4.69, 9.17) is 14.1 Å². The van der Waals surface area contributed by atoms with Gasteiger partial charge in [-0.15, -0.1) is 0 Å². The molecular formula is C21H36N4O2. The summed E-state index contributed by atoms with van der Waals surface area (Å²) in [5.74, 6) is 1.95. The van der Waals surface area contributed by atoms with E-state index < -0.39 is 0 Å². The van der Waals surface area contributed by atoms with Crippen LogP contribution < -0.4 is 10.6 Å². The minimum atomic E-state index is 0.262. The molecule has 1 aromatic heterocycles. The number of hydrogen-bond donors (Lipinski definition) is 2. The molecule has 2 N–H and O–H groups in total. The summed E-state index contributed by atoms with van der Waals surface area (Å²) in [6.07, 6.45) is 9.27. The number of hydrogen-bond acceptors (Lipinski definition) is 4. The highest BCUT2D eigenvalue weighted by Crippen LogP contribution is 2.44. The highest BCUT2D eigenvalue weighted by Gasteiger charge is 2.36. The lowest BCUT2D eigenvalue weighted by Crippen LogP contribution is -2.43. The highest BCUT2D eigenvalue weighted by atomic mass is 16.5. The molecule has 6 heteroatoms. The van der Waals surface area contributed by atoms with Crippen molar-refractivity contribution < 1.29 is 9.15 Å². The molecule has 1 aliphatic carbocycles. The van der Waals surface area contributed by atoms with E-state index in [9.17, 15) is 0 Å². The fraction of sp³-hybridized carbons (Fsp3) is 0.762. The van der Waals surface area contributed by atoms with Crippen molar-refractivity contribution >= 4 is 5.96 Å². The van der Waals surface area contributed by atoms with Crippen LogP contribution in [0.1, 0.15) is 57.3 Å². The van der Waals surface area contributed by atoms with Crippen molar-refractivity contribution in [3.05, 3.63) is 24.2 Å². The van der Waals surface area contributed by atoms with Crippen LogP contribution in [0.3, 0.4) is 0 Å². The molecule has 0 aromatic carbocycles. The quantitative estimate of drug-likeness (QED) is 0.485. The van der Waals surface area contributed by atoms with Gasteiger partial charge in [-0.25, -0.2) is 0 Å². The van der Waals surface area contributed by atoms with Gasteiger partial charge in [0.1, 0.15) is 5.76 Å². The van der Waals surface area contributed by atoms with Crippen LogP contribution in [0, 0.1) is 5.41 Å². The van der Waals surface area contributed by atoms with Gasteiger partial charge in [-0.05, 0) is 69.7 Å². The molecule has 0 radical (unpaired) electrons. The van der Waals surface area contributed by atoms with Crippen LogP contribution in [0.4, 0.5) is 0 Å². The summed E-state index contributed by atoms with van der Waals surface area (Å²) in [7, 11) is 1.79. The molecule has 1 aliphatic heterocycles. The summed E-state index contributed by atoms with van der Waals surface area (Å²) in [6.45, 7) is 7.78. The van der Waals surface area contributed by atoms with Crippen LogP contribution in [0.15, 0.2) is 27.8 Å². The van der Waals surface area contributed by atoms with Crippen molar-refractivity contribution in [2.45, 2.75) is 51.5 Å². The molecule has 152 valence electrons. The average Bonchev–Trinajstić information content (AvgIpc) is 3.35. The normalized spacial score (nSPS) is 21.0. The number of guanidine groups is 1. The van der Waals surface area contributed by atoms with Crippen LogP contribution in [-0.4, -0.2) is 57.3 Å². The second-order valence-corrected chi connectivity index (χ2v) is 7.95. The Kier molecular flexibility index (Phi) is 7.59. The Labute approximate surface area is 163 Å². The van der Waals surface area contributed by atoms with Crippen LogP contribution >= 0.6 is 0 Å². The summed E-state index contributed by atoms with van der Waals surface area (Å²) in [5, 5.41) is 6.98. The molecule has 2 heterocycles. The minimum absolute atomic E-state index is 0.262. The topological polar surface area (TPSA) is 62.0 Å². The molecule has 3 rings (SSSR count). The second kappa shape index (κ2) is 10.1. The number of rotatable bonds is 10. The van der Waals surface area contributed by atoms with E-state index in [1.807, 2.05) is 6.07 Å². The van der Waals surface area contributed by atoms with Gasteiger partial charge < -0.3 is 19.8 Å². The van der Waals surface area contributed by atoms with E-state index in [-0.39, 0.29) is 6.04 Å². The van der Waals surface area contributed by atoms with Gasteiger partial charge in [0.25, 0.3) is 0 Å². The first-order valence-electron chi connectivity index (χ1n) is 10.5. The molecular weight excluding hydrogens is 340 g/mol. The van der Waals surface area contributed by atoms with Crippen molar-refractivity contribution in [3.63, 3.8) is 0 Å². The van der Waals surface area contributed by atoms with Crippen molar-refractivity contribution in [3.8, 4) is 0 Å². The zero-order valence-electron chi connectivity index (χ0n) is 17.0. The summed E-state index contributed by atoms with van der Waals surface area (Å²) in [5.41, 5.74) is 0.341. The number of aliphatic imine (C=N–C) groups is 1. The minimum Gasteiger partial charge on any atom is -0.468 e. The van der Waals surface area contributed by atoms with E-state index in [0.29, 0.717) is 5.41 Å². The smallest absolute Gasteiger partial charge is 0.191 e. The number of furan rings is 1. The molecule has 2 aliphatic rings. The SMILES string of the molecule is CCNC(=NCC1(CCOC)CCC1)NCC(c1ccco1)N1CCCC1. The second-order valence-electron chi connectivity index (χ2n) is 7.95. The first-order valence-corrected chi connectivity index (χ1v) is 10.5.